The minimum atomic E-state index is -0.360. The zero-order valence-corrected chi connectivity index (χ0v) is 19.0. The lowest BCUT2D eigenvalue weighted by molar-refractivity contribution is -0.113. The molecule has 142 valence electrons. The summed E-state index contributed by atoms with van der Waals surface area (Å²) in [5.41, 5.74) is 4.95. The summed E-state index contributed by atoms with van der Waals surface area (Å²) in [6.45, 7) is 12.9. The minimum absolute atomic E-state index is 0.00407. The van der Waals surface area contributed by atoms with Gasteiger partial charge < -0.3 is 10.6 Å². The molecule has 26 heavy (non-hydrogen) atoms. The number of nitrogens with one attached hydrogen (secondary N) is 2. The van der Waals surface area contributed by atoms with E-state index in [4.69, 9.17) is 0 Å². The van der Waals surface area contributed by atoms with E-state index >= 15 is 0 Å². The highest BCUT2D eigenvalue weighted by atomic mass is 127. The lowest BCUT2D eigenvalue weighted by Gasteiger charge is -2.39. The van der Waals surface area contributed by atoms with Gasteiger partial charge in [0.05, 0.1) is 11.1 Å². The Kier molecular flexibility index (Phi) is 6.94. The molecule has 1 aliphatic heterocycles. The molecule has 1 atom stereocenters. The van der Waals surface area contributed by atoms with Crippen molar-refractivity contribution in [3.63, 3.8) is 0 Å². The Morgan fingerprint density at radius 3 is 2.31 bits per heavy atom. The van der Waals surface area contributed by atoms with Crippen LogP contribution in [-0.4, -0.2) is 11.4 Å². The van der Waals surface area contributed by atoms with Crippen LogP contribution in [0.4, 0.5) is 5.69 Å². The van der Waals surface area contributed by atoms with Crippen molar-refractivity contribution in [2.45, 2.75) is 66.3 Å². The Balaban J connectivity index is 2.46. The summed E-state index contributed by atoms with van der Waals surface area (Å²) < 4.78 is 1.02. The summed E-state index contributed by atoms with van der Waals surface area (Å²) in [5.74, 6) is 0.490. The first-order valence-corrected chi connectivity index (χ1v) is 10.6. The van der Waals surface area contributed by atoms with E-state index in [2.05, 4.69) is 99.0 Å². The van der Waals surface area contributed by atoms with Crippen molar-refractivity contribution >= 4 is 34.2 Å². The Hall–Kier alpha value is -1.30. The van der Waals surface area contributed by atoms with E-state index in [9.17, 15) is 4.79 Å². The molecule has 1 heterocycles. The standard InChI is InChI=1S/C22H31IN2O/c1-7-16-10-9-11-17(8-2)20(16)24-21(26)19-18(23)12-15(5)25-22(19,6)13-14(3)4/h9-12,14,25H,7-8,13H2,1-6H3,(H,24,26). The van der Waals surface area contributed by atoms with Gasteiger partial charge in [-0.25, -0.2) is 0 Å². The molecule has 0 saturated carbocycles. The van der Waals surface area contributed by atoms with Crippen molar-refractivity contribution in [1.82, 2.24) is 5.32 Å². The first-order chi connectivity index (χ1) is 12.2. The SMILES string of the molecule is CCc1cccc(CC)c1NC(=O)C1=C(I)C=C(C)NC1(C)CC(C)C. The van der Waals surface area contributed by atoms with Crippen LogP contribution in [0.25, 0.3) is 0 Å². The zero-order chi connectivity index (χ0) is 19.5. The van der Waals surface area contributed by atoms with Crippen LogP contribution < -0.4 is 10.6 Å². The van der Waals surface area contributed by atoms with Gasteiger partial charge in [0.25, 0.3) is 5.91 Å². The molecule has 3 nitrogen and oxygen atoms in total. The molecule has 4 heteroatoms. The molecular weight excluding hydrogens is 435 g/mol. The predicted molar refractivity (Wildman–Crippen MR) is 120 cm³/mol. The maximum absolute atomic E-state index is 13.4. The summed E-state index contributed by atoms with van der Waals surface area (Å²) in [7, 11) is 0. The highest BCUT2D eigenvalue weighted by Crippen LogP contribution is 2.36. The Bertz CT molecular complexity index is 726. The van der Waals surface area contributed by atoms with E-state index in [1.807, 2.05) is 0 Å². The van der Waals surface area contributed by atoms with Gasteiger partial charge in [0.2, 0.25) is 0 Å². The number of allylic oxidation sites excluding steroid dienone is 3. The number of para-hydroxylation sites is 1. The highest BCUT2D eigenvalue weighted by Gasteiger charge is 2.38. The molecule has 1 aliphatic rings. The fraction of sp³-hybridized carbons (Fsp3) is 0.500. The number of carbonyl (C=O) groups excluding carboxylic acids is 1. The Labute approximate surface area is 171 Å². The molecular formula is C22H31IN2O. The number of anilines is 1. The van der Waals surface area contributed by atoms with Crippen LogP contribution in [0.15, 0.2) is 39.1 Å². The lowest BCUT2D eigenvalue weighted by atomic mass is 9.81. The molecule has 0 fully saturated rings. The second-order valence-electron chi connectivity index (χ2n) is 7.72. The molecule has 0 radical (unpaired) electrons. The van der Waals surface area contributed by atoms with E-state index in [0.717, 1.165) is 39.8 Å². The summed E-state index contributed by atoms with van der Waals surface area (Å²) >= 11 is 2.30. The third kappa shape index (κ3) is 4.51. The van der Waals surface area contributed by atoms with Gasteiger partial charge in [0.15, 0.2) is 0 Å². The molecule has 1 aromatic rings. The molecule has 0 saturated heterocycles. The maximum Gasteiger partial charge on any atom is 0.255 e. The zero-order valence-electron chi connectivity index (χ0n) is 16.8. The topological polar surface area (TPSA) is 41.1 Å². The van der Waals surface area contributed by atoms with Crippen LogP contribution in [0.5, 0.6) is 0 Å². The van der Waals surface area contributed by atoms with Crippen molar-refractivity contribution in [3.8, 4) is 0 Å². The van der Waals surface area contributed by atoms with Crippen molar-refractivity contribution in [2.24, 2.45) is 5.92 Å². The van der Waals surface area contributed by atoms with E-state index in [0.29, 0.717) is 5.92 Å². The first kappa shape index (κ1) is 21.0. The number of hydrogen-bond donors (Lipinski definition) is 2. The largest absolute Gasteiger partial charge is 0.379 e. The number of rotatable bonds is 6. The van der Waals surface area contributed by atoms with Gasteiger partial charge in [-0.2, -0.15) is 0 Å². The van der Waals surface area contributed by atoms with Gasteiger partial charge in [-0.05, 0) is 78.8 Å². The fourth-order valence-corrected chi connectivity index (χ4v) is 5.27. The van der Waals surface area contributed by atoms with Crippen LogP contribution in [0.1, 0.15) is 59.1 Å². The van der Waals surface area contributed by atoms with E-state index in [-0.39, 0.29) is 11.4 Å². The normalized spacial score (nSPS) is 20.1. The van der Waals surface area contributed by atoms with Gasteiger partial charge in [-0.15, -0.1) is 0 Å². The molecule has 1 unspecified atom stereocenters. The van der Waals surface area contributed by atoms with Crippen molar-refractivity contribution in [2.75, 3.05) is 5.32 Å². The third-order valence-electron chi connectivity index (χ3n) is 4.89. The molecule has 0 bridgehead atoms. The van der Waals surface area contributed by atoms with Crippen molar-refractivity contribution in [3.05, 3.63) is 50.3 Å². The van der Waals surface area contributed by atoms with E-state index < -0.39 is 0 Å². The number of amides is 1. The summed E-state index contributed by atoms with van der Waals surface area (Å²) in [6.07, 6.45) is 4.77. The number of dihydropyridines is 1. The highest BCUT2D eigenvalue weighted by molar-refractivity contribution is 14.1. The second kappa shape index (κ2) is 8.59. The molecule has 2 N–H and O–H groups in total. The van der Waals surface area contributed by atoms with E-state index in [1.54, 1.807) is 0 Å². The molecule has 1 amide bonds. The summed E-state index contributed by atoms with van der Waals surface area (Å²) in [4.78, 5) is 13.4. The van der Waals surface area contributed by atoms with Crippen LogP contribution in [0, 0.1) is 5.92 Å². The summed E-state index contributed by atoms with van der Waals surface area (Å²) in [5, 5.41) is 6.82. The fourth-order valence-electron chi connectivity index (χ4n) is 3.97. The lowest BCUT2D eigenvalue weighted by Crippen LogP contribution is -2.49. The van der Waals surface area contributed by atoms with Crippen LogP contribution >= 0.6 is 22.6 Å². The second-order valence-corrected chi connectivity index (χ2v) is 8.88. The number of halogens is 1. The number of carbonyl (C=O) groups is 1. The van der Waals surface area contributed by atoms with Crippen LogP contribution in [0.3, 0.4) is 0 Å². The third-order valence-corrected chi connectivity index (χ3v) is 5.74. The minimum Gasteiger partial charge on any atom is -0.379 e. The number of benzene rings is 1. The van der Waals surface area contributed by atoms with Gasteiger partial charge in [-0.3, -0.25) is 4.79 Å². The van der Waals surface area contributed by atoms with Gasteiger partial charge in [0.1, 0.15) is 0 Å². The van der Waals surface area contributed by atoms with Crippen molar-refractivity contribution < 1.29 is 4.79 Å². The quantitative estimate of drug-likeness (QED) is 0.525. The predicted octanol–water partition coefficient (Wildman–Crippen LogP) is 5.75. The average molecular weight is 466 g/mol. The van der Waals surface area contributed by atoms with E-state index in [1.165, 1.54) is 11.1 Å². The smallest absolute Gasteiger partial charge is 0.255 e. The van der Waals surface area contributed by atoms with Crippen molar-refractivity contribution in [1.29, 1.82) is 0 Å². The van der Waals surface area contributed by atoms with Crippen LogP contribution in [-0.2, 0) is 17.6 Å². The first-order valence-electron chi connectivity index (χ1n) is 9.50. The van der Waals surface area contributed by atoms with Gasteiger partial charge >= 0.3 is 0 Å². The molecule has 2 rings (SSSR count). The monoisotopic (exact) mass is 466 g/mol. The molecule has 1 aromatic carbocycles. The molecule has 0 aromatic heterocycles. The molecule has 0 spiro atoms. The molecule has 0 aliphatic carbocycles. The Morgan fingerprint density at radius 2 is 1.81 bits per heavy atom. The maximum atomic E-state index is 13.4. The number of aryl methyl sites for hydroxylation is 2. The number of hydrogen-bond acceptors (Lipinski definition) is 2. The van der Waals surface area contributed by atoms with Gasteiger partial charge in [-0.1, -0.05) is 45.9 Å². The summed E-state index contributed by atoms with van der Waals surface area (Å²) in [6, 6.07) is 6.28. The van der Waals surface area contributed by atoms with Crippen LogP contribution in [0.2, 0.25) is 0 Å². The van der Waals surface area contributed by atoms with Gasteiger partial charge in [0, 0.05) is 15.0 Å². The Morgan fingerprint density at radius 1 is 1.23 bits per heavy atom. The average Bonchev–Trinajstić information content (AvgIpc) is 2.52.